The SMILES string of the molecule is CC.CC1(C)c2ccccc2-c2cc3c(cc21)-c1c(cc(N(c2ccccc2)c2cccc4ccccc24)c2ccccc12)C3(C)C. The second-order valence-electron chi connectivity index (χ2n) is 13.8. The van der Waals surface area contributed by atoms with E-state index in [4.69, 9.17) is 0 Å². The van der Waals surface area contributed by atoms with Crippen LogP contribution >= 0.6 is 0 Å². The van der Waals surface area contributed by atoms with Crippen LogP contribution in [0.15, 0.2) is 140 Å². The van der Waals surface area contributed by atoms with E-state index in [2.05, 4.69) is 172 Å². The van der Waals surface area contributed by atoms with Crippen molar-refractivity contribution in [3.8, 4) is 22.3 Å². The predicted octanol–water partition coefficient (Wildman–Crippen LogP) is 13.1. The Hall–Kier alpha value is -5.14. The van der Waals surface area contributed by atoms with Gasteiger partial charge in [0, 0.05) is 27.3 Å². The summed E-state index contributed by atoms with van der Waals surface area (Å²) in [5.41, 5.74) is 14.6. The number of hydrogen-bond donors (Lipinski definition) is 0. The molecule has 7 aromatic carbocycles. The zero-order valence-corrected chi connectivity index (χ0v) is 28.2. The van der Waals surface area contributed by atoms with Crippen molar-refractivity contribution < 1.29 is 0 Å². The Kier molecular flexibility index (Phi) is 6.67. The van der Waals surface area contributed by atoms with Crippen LogP contribution in [0.25, 0.3) is 43.8 Å². The lowest BCUT2D eigenvalue weighted by atomic mass is 9.79. The molecular formula is C46H41N. The van der Waals surface area contributed by atoms with Crippen LogP contribution in [-0.2, 0) is 10.8 Å². The van der Waals surface area contributed by atoms with Crippen LogP contribution in [0.1, 0.15) is 63.8 Å². The molecule has 0 saturated carbocycles. The minimum atomic E-state index is -0.165. The molecular weight excluding hydrogens is 567 g/mol. The molecule has 0 bridgehead atoms. The number of hydrogen-bond acceptors (Lipinski definition) is 1. The van der Waals surface area contributed by atoms with Crippen molar-refractivity contribution in [2.24, 2.45) is 0 Å². The van der Waals surface area contributed by atoms with E-state index in [-0.39, 0.29) is 10.8 Å². The van der Waals surface area contributed by atoms with Gasteiger partial charge < -0.3 is 4.90 Å². The Morgan fingerprint density at radius 1 is 0.404 bits per heavy atom. The van der Waals surface area contributed by atoms with Gasteiger partial charge in [0.2, 0.25) is 0 Å². The monoisotopic (exact) mass is 607 g/mol. The second kappa shape index (κ2) is 10.7. The van der Waals surface area contributed by atoms with E-state index in [9.17, 15) is 0 Å². The van der Waals surface area contributed by atoms with Gasteiger partial charge in [-0.05, 0) is 91.7 Å². The fourth-order valence-electron chi connectivity index (χ4n) is 8.33. The molecule has 0 unspecified atom stereocenters. The average molecular weight is 608 g/mol. The zero-order chi connectivity index (χ0) is 32.5. The highest BCUT2D eigenvalue weighted by molar-refractivity contribution is 6.12. The van der Waals surface area contributed by atoms with E-state index in [1.165, 1.54) is 77.4 Å². The third-order valence-electron chi connectivity index (χ3n) is 10.6. The summed E-state index contributed by atoms with van der Waals surface area (Å²) in [6, 6.07) is 51.8. The molecule has 0 spiro atoms. The van der Waals surface area contributed by atoms with Gasteiger partial charge in [0.05, 0.1) is 11.4 Å². The lowest BCUT2D eigenvalue weighted by Gasteiger charge is -2.30. The lowest BCUT2D eigenvalue weighted by Crippen LogP contribution is -2.18. The average Bonchev–Trinajstić information content (AvgIpc) is 3.48. The molecule has 2 aliphatic carbocycles. The van der Waals surface area contributed by atoms with Crippen LogP contribution < -0.4 is 4.90 Å². The Bertz CT molecular complexity index is 2320. The molecule has 47 heavy (non-hydrogen) atoms. The zero-order valence-electron chi connectivity index (χ0n) is 28.2. The summed E-state index contributed by atoms with van der Waals surface area (Å²) in [5, 5.41) is 5.06. The fourth-order valence-corrected chi connectivity index (χ4v) is 8.33. The van der Waals surface area contributed by atoms with E-state index in [0.717, 1.165) is 5.69 Å². The first-order valence-electron chi connectivity index (χ1n) is 17.0. The Morgan fingerprint density at radius 2 is 0.979 bits per heavy atom. The summed E-state index contributed by atoms with van der Waals surface area (Å²) >= 11 is 0. The molecule has 0 aromatic heterocycles. The minimum Gasteiger partial charge on any atom is -0.309 e. The lowest BCUT2D eigenvalue weighted by molar-refractivity contribution is 0.652. The summed E-state index contributed by atoms with van der Waals surface area (Å²) < 4.78 is 0. The number of rotatable bonds is 3. The van der Waals surface area contributed by atoms with Crippen LogP contribution in [0.3, 0.4) is 0 Å². The van der Waals surface area contributed by atoms with E-state index < -0.39 is 0 Å². The van der Waals surface area contributed by atoms with Gasteiger partial charge in [-0.15, -0.1) is 0 Å². The summed E-state index contributed by atoms with van der Waals surface area (Å²) in [4.78, 5) is 2.48. The molecule has 0 radical (unpaired) electrons. The highest BCUT2D eigenvalue weighted by atomic mass is 15.1. The van der Waals surface area contributed by atoms with Crippen molar-refractivity contribution in [2.45, 2.75) is 52.4 Å². The van der Waals surface area contributed by atoms with Gasteiger partial charge in [-0.2, -0.15) is 0 Å². The van der Waals surface area contributed by atoms with Crippen molar-refractivity contribution >= 4 is 38.6 Å². The van der Waals surface area contributed by atoms with Crippen molar-refractivity contribution in [2.75, 3.05) is 4.90 Å². The standard InChI is InChI=1S/C44H35N.C2H6/c1-43(2)36-23-13-12-20-31(36)34-25-38-35(26-37(34)43)42-33-22-11-10-21-32(33)41(27-39(42)44(38,3)4)45(29-17-6-5-7-18-29)40-24-14-16-28-15-8-9-19-30(28)40;1-2/h5-27H,1-4H3;1-2H3. The van der Waals surface area contributed by atoms with Crippen molar-refractivity contribution in [1.82, 2.24) is 0 Å². The summed E-state index contributed by atoms with van der Waals surface area (Å²) in [5.74, 6) is 0. The van der Waals surface area contributed by atoms with Crippen LogP contribution in [0.5, 0.6) is 0 Å². The Morgan fingerprint density at radius 3 is 1.77 bits per heavy atom. The molecule has 0 amide bonds. The first-order chi connectivity index (χ1) is 22.9. The number of fused-ring (bicyclic) bond motifs is 9. The van der Waals surface area contributed by atoms with Crippen molar-refractivity contribution in [3.63, 3.8) is 0 Å². The third-order valence-corrected chi connectivity index (χ3v) is 10.6. The number of nitrogens with zero attached hydrogens (tertiary/aromatic N) is 1. The molecule has 0 N–H and O–H groups in total. The molecule has 0 aliphatic heterocycles. The molecule has 0 heterocycles. The van der Waals surface area contributed by atoms with Gasteiger partial charge in [0.25, 0.3) is 0 Å². The molecule has 0 saturated heterocycles. The summed E-state index contributed by atoms with van der Waals surface area (Å²) in [7, 11) is 0. The van der Waals surface area contributed by atoms with Gasteiger partial charge in [-0.1, -0.05) is 145 Å². The fraction of sp³-hybridized carbons (Fsp3) is 0.174. The van der Waals surface area contributed by atoms with Crippen LogP contribution in [0.2, 0.25) is 0 Å². The van der Waals surface area contributed by atoms with Crippen molar-refractivity contribution in [3.05, 3.63) is 162 Å². The van der Waals surface area contributed by atoms with Crippen LogP contribution in [0.4, 0.5) is 17.1 Å². The first kappa shape index (κ1) is 29.3. The van der Waals surface area contributed by atoms with Gasteiger partial charge in [-0.3, -0.25) is 0 Å². The maximum atomic E-state index is 2.53. The quantitative estimate of drug-likeness (QED) is 0.193. The van der Waals surface area contributed by atoms with E-state index in [1.807, 2.05) is 13.8 Å². The molecule has 9 rings (SSSR count). The Balaban J connectivity index is 0.00000159. The van der Waals surface area contributed by atoms with E-state index in [0.29, 0.717) is 0 Å². The van der Waals surface area contributed by atoms with E-state index in [1.54, 1.807) is 0 Å². The van der Waals surface area contributed by atoms with E-state index >= 15 is 0 Å². The smallest absolute Gasteiger partial charge is 0.0543 e. The minimum absolute atomic E-state index is 0.0396. The Labute approximate surface area is 279 Å². The molecule has 230 valence electrons. The molecule has 7 aromatic rings. The maximum Gasteiger partial charge on any atom is 0.0543 e. The number of benzene rings is 7. The van der Waals surface area contributed by atoms with Gasteiger partial charge in [-0.25, -0.2) is 0 Å². The number of para-hydroxylation sites is 1. The molecule has 1 heteroatoms. The predicted molar refractivity (Wildman–Crippen MR) is 203 cm³/mol. The molecule has 2 aliphatic rings. The number of anilines is 3. The third kappa shape index (κ3) is 4.16. The van der Waals surface area contributed by atoms with Gasteiger partial charge in [0.15, 0.2) is 0 Å². The summed E-state index contributed by atoms with van der Waals surface area (Å²) in [6.45, 7) is 13.6. The van der Waals surface area contributed by atoms with Crippen molar-refractivity contribution in [1.29, 1.82) is 0 Å². The summed E-state index contributed by atoms with van der Waals surface area (Å²) in [6.07, 6.45) is 0. The van der Waals surface area contributed by atoms with Crippen LogP contribution in [0, 0.1) is 0 Å². The molecule has 0 fully saturated rings. The van der Waals surface area contributed by atoms with Gasteiger partial charge >= 0.3 is 0 Å². The molecule has 0 atom stereocenters. The highest BCUT2D eigenvalue weighted by Crippen LogP contribution is 2.58. The first-order valence-corrected chi connectivity index (χ1v) is 17.0. The van der Waals surface area contributed by atoms with Crippen LogP contribution in [-0.4, -0.2) is 0 Å². The maximum absolute atomic E-state index is 2.53. The van der Waals surface area contributed by atoms with Gasteiger partial charge in [0.1, 0.15) is 0 Å². The normalized spacial score (nSPS) is 14.5. The molecule has 1 nitrogen and oxygen atoms in total. The topological polar surface area (TPSA) is 3.24 Å². The largest absolute Gasteiger partial charge is 0.309 e. The second-order valence-corrected chi connectivity index (χ2v) is 13.8. The highest BCUT2D eigenvalue weighted by Gasteiger charge is 2.42.